The van der Waals surface area contributed by atoms with Gasteiger partial charge in [0.25, 0.3) is 0 Å². The fraction of sp³-hybridized carbons (Fsp3) is 0.571. The van der Waals surface area contributed by atoms with E-state index in [-0.39, 0.29) is 11.7 Å². The summed E-state index contributed by atoms with van der Waals surface area (Å²) in [4.78, 5) is 16.7. The van der Waals surface area contributed by atoms with E-state index in [9.17, 15) is 4.79 Å². The molecule has 2 nitrogen and oxygen atoms in total. The molecule has 0 amide bonds. The topological polar surface area (TPSA) is 30.0 Å². The van der Waals surface area contributed by atoms with E-state index in [1.807, 2.05) is 6.07 Å². The van der Waals surface area contributed by atoms with E-state index >= 15 is 0 Å². The standard InChI is InChI=1S/C14H17Br2NO/c1-2-9-3-5-10(6-4-9)14(18)13-12(16)7-11(15)8-17-13/h7-10H,2-6H2,1H3. The number of carbonyl (C=O) groups excluding carboxylic acids is 1. The van der Waals surface area contributed by atoms with Gasteiger partial charge < -0.3 is 0 Å². The van der Waals surface area contributed by atoms with Crippen LogP contribution in [0.2, 0.25) is 0 Å². The van der Waals surface area contributed by atoms with Crippen molar-refractivity contribution in [3.05, 3.63) is 26.9 Å². The number of nitrogens with zero attached hydrogens (tertiary/aromatic N) is 1. The fourth-order valence-electron chi connectivity index (χ4n) is 2.62. The molecule has 18 heavy (non-hydrogen) atoms. The average Bonchev–Trinajstić information content (AvgIpc) is 2.38. The van der Waals surface area contributed by atoms with Crippen LogP contribution in [0.4, 0.5) is 0 Å². The predicted octanol–water partition coefficient (Wildman–Crippen LogP) is 5.01. The fourth-order valence-corrected chi connectivity index (χ4v) is 3.80. The molecule has 0 spiro atoms. The average molecular weight is 375 g/mol. The second kappa shape index (κ2) is 6.29. The van der Waals surface area contributed by atoms with E-state index in [1.165, 1.54) is 19.3 Å². The van der Waals surface area contributed by atoms with Gasteiger partial charge in [-0.25, -0.2) is 0 Å². The molecule has 2 rings (SSSR count). The van der Waals surface area contributed by atoms with Crippen molar-refractivity contribution >= 4 is 37.6 Å². The summed E-state index contributed by atoms with van der Waals surface area (Å²) in [5.74, 6) is 1.18. The number of Topliss-reactive ketones (excluding diaryl/α,β-unsaturated/α-hetero) is 1. The number of halogens is 2. The zero-order valence-corrected chi connectivity index (χ0v) is 13.6. The molecule has 0 saturated heterocycles. The minimum Gasteiger partial charge on any atom is -0.292 e. The minimum absolute atomic E-state index is 0.165. The van der Waals surface area contributed by atoms with Crippen molar-refractivity contribution in [3.8, 4) is 0 Å². The monoisotopic (exact) mass is 373 g/mol. The number of carbonyl (C=O) groups is 1. The number of pyridine rings is 1. The Morgan fingerprint density at radius 3 is 2.56 bits per heavy atom. The molecule has 0 N–H and O–H groups in total. The van der Waals surface area contributed by atoms with Gasteiger partial charge in [0.2, 0.25) is 0 Å². The zero-order valence-electron chi connectivity index (χ0n) is 10.5. The molecule has 4 heteroatoms. The highest BCUT2D eigenvalue weighted by Crippen LogP contribution is 2.33. The minimum atomic E-state index is 0.165. The normalized spacial score (nSPS) is 23.9. The van der Waals surface area contributed by atoms with Crippen molar-refractivity contribution in [3.63, 3.8) is 0 Å². The van der Waals surface area contributed by atoms with Crippen LogP contribution < -0.4 is 0 Å². The lowest BCUT2D eigenvalue weighted by Crippen LogP contribution is -2.22. The van der Waals surface area contributed by atoms with E-state index in [0.717, 1.165) is 27.7 Å². The van der Waals surface area contributed by atoms with Gasteiger partial charge in [0.1, 0.15) is 5.69 Å². The first-order valence-electron chi connectivity index (χ1n) is 6.47. The molecule has 1 aliphatic rings. The summed E-state index contributed by atoms with van der Waals surface area (Å²) < 4.78 is 1.68. The second-order valence-corrected chi connectivity index (χ2v) is 6.74. The highest BCUT2D eigenvalue weighted by atomic mass is 79.9. The van der Waals surface area contributed by atoms with Crippen LogP contribution in [-0.4, -0.2) is 10.8 Å². The summed E-state index contributed by atoms with van der Waals surface area (Å²) in [5, 5.41) is 0. The first-order chi connectivity index (χ1) is 8.61. The van der Waals surface area contributed by atoms with Gasteiger partial charge in [-0.15, -0.1) is 0 Å². The molecule has 98 valence electrons. The lowest BCUT2D eigenvalue weighted by atomic mass is 9.78. The maximum Gasteiger partial charge on any atom is 0.185 e. The largest absolute Gasteiger partial charge is 0.292 e. The first-order valence-corrected chi connectivity index (χ1v) is 8.05. The second-order valence-electron chi connectivity index (χ2n) is 4.97. The van der Waals surface area contributed by atoms with Crippen molar-refractivity contribution in [2.45, 2.75) is 39.0 Å². The van der Waals surface area contributed by atoms with Gasteiger partial charge in [0, 0.05) is 21.1 Å². The molecule has 1 saturated carbocycles. The Labute approximate surface area is 125 Å². The third-order valence-electron chi connectivity index (χ3n) is 3.84. The van der Waals surface area contributed by atoms with E-state index in [0.29, 0.717) is 5.69 Å². The van der Waals surface area contributed by atoms with Crippen molar-refractivity contribution < 1.29 is 4.79 Å². The summed E-state index contributed by atoms with van der Waals surface area (Å²) in [7, 11) is 0. The van der Waals surface area contributed by atoms with Crippen LogP contribution in [0, 0.1) is 11.8 Å². The summed E-state index contributed by atoms with van der Waals surface area (Å²) in [6.07, 6.45) is 7.32. The van der Waals surface area contributed by atoms with Gasteiger partial charge in [-0.1, -0.05) is 13.3 Å². The van der Waals surface area contributed by atoms with Gasteiger partial charge in [0.05, 0.1) is 0 Å². The van der Waals surface area contributed by atoms with Crippen molar-refractivity contribution in [2.24, 2.45) is 11.8 Å². The van der Waals surface area contributed by atoms with Crippen LogP contribution >= 0.6 is 31.9 Å². The quantitative estimate of drug-likeness (QED) is 0.696. The lowest BCUT2D eigenvalue weighted by molar-refractivity contribution is 0.0865. The Bertz CT molecular complexity index is 439. The first kappa shape index (κ1) is 14.2. The molecule has 0 aromatic carbocycles. The van der Waals surface area contributed by atoms with Crippen LogP contribution in [0.15, 0.2) is 21.2 Å². The summed E-state index contributed by atoms with van der Waals surface area (Å²) in [6.45, 7) is 2.24. The molecule has 0 unspecified atom stereocenters. The van der Waals surface area contributed by atoms with E-state index in [4.69, 9.17) is 0 Å². The van der Waals surface area contributed by atoms with Gasteiger partial charge in [-0.2, -0.15) is 0 Å². The molecule has 0 aliphatic heterocycles. The maximum atomic E-state index is 12.4. The Morgan fingerprint density at radius 1 is 1.33 bits per heavy atom. The van der Waals surface area contributed by atoms with Crippen LogP contribution in [0.25, 0.3) is 0 Å². The third kappa shape index (κ3) is 3.21. The highest BCUT2D eigenvalue weighted by Gasteiger charge is 2.28. The number of rotatable bonds is 3. The third-order valence-corrected chi connectivity index (χ3v) is 4.87. The Kier molecular flexibility index (Phi) is 4.96. The molecule has 1 aromatic rings. The van der Waals surface area contributed by atoms with E-state index < -0.39 is 0 Å². The molecule has 1 heterocycles. The number of hydrogen-bond acceptors (Lipinski definition) is 2. The molecule has 1 fully saturated rings. The predicted molar refractivity (Wildman–Crippen MR) is 79.7 cm³/mol. The Morgan fingerprint density at radius 2 is 2.00 bits per heavy atom. The molecule has 1 aliphatic carbocycles. The van der Waals surface area contributed by atoms with E-state index in [2.05, 4.69) is 43.8 Å². The van der Waals surface area contributed by atoms with Crippen molar-refractivity contribution in [1.82, 2.24) is 4.98 Å². The summed E-state index contributed by atoms with van der Waals surface area (Å²) >= 11 is 6.78. The maximum absolute atomic E-state index is 12.4. The van der Waals surface area contributed by atoms with Gasteiger partial charge in [-0.3, -0.25) is 9.78 Å². The zero-order chi connectivity index (χ0) is 13.1. The highest BCUT2D eigenvalue weighted by molar-refractivity contribution is 9.11. The number of aromatic nitrogens is 1. The summed E-state index contributed by atoms with van der Waals surface area (Å²) in [5.41, 5.74) is 0.582. The SMILES string of the molecule is CCC1CCC(C(=O)c2ncc(Br)cc2Br)CC1. The molecular formula is C14H17Br2NO. The van der Waals surface area contributed by atoms with Crippen LogP contribution in [0.5, 0.6) is 0 Å². The summed E-state index contributed by atoms with van der Waals surface area (Å²) in [6, 6.07) is 1.89. The van der Waals surface area contributed by atoms with Crippen molar-refractivity contribution in [2.75, 3.05) is 0 Å². The van der Waals surface area contributed by atoms with Crippen molar-refractivity contribution in [1.29, 1.82) is 0 Å². The van der Waals surface area contributed by atoms with Gasteiger partial charge in [0.15, 0.2) is 5.78 Å². The molecular weight excluding hydrogens is 358 g/mol. The van der Waals surface area contributed by atoms with Crippen LogP contribution in [0.3, 0.4) is 0 Å². The van der Waals surface area contributed by atoms with Crippen LogP contribution in [-0.2, 0) is 0 Å². The van der Waals surface area contributed by atoms with Gasteiger partial charge in [-0.05, 0) is 69.5 Å². The molecule has 1 aromatic heterocycles. The van der Waals surface area contributed by atoms with Gasteiger partial charge >= 0.3 is 0 Å². The lowest BCUT2D eigenvalue weighted by Gasteiger charge is -2.26. The molecule has 0 atom stereocenters. The van der Waals surface area contributed by atoms with Crippen LogP contribution in [0.1, 0.15) is 49.5 Å². The molecule has 0 bridgehead atoms. The van der Waals surface area contributed by atoms with E-state index in [1.54, 1.807) is 6.20 Å². The Hall–Kier alpha value is -0.220. The molecule has 0 radical (unpaired) electrons. The Balaban J connectivity index is 2.08. The number of hydrogen-bond donors (Lipinski definition) is 0. The smallest absolute Gasteiger partial charge is 0.185 e. The number of ketones is 1.